The van der Waals surface area contributed by atoms with Crippen LogP contribution in [0.15, 0.2) is 37.6 Å². The molecule has 3 heterocycles. The highest BCUT2D eigenvalue weighted by Gasteiger charge is 2.45. The molecule has 0 unspecified atom stereocenters. The van der Waals surface area contributed by atoms with Gasteiger partial charge in [-0.1, -0.05) is 31.0 Å². The van der Waals surface area contributed by atoms with Crippen molar-refractivity contribution < 1.29 is 19.0 Å². The van der Waals surface area contributed by atoms with Gasteiger partial charge in [0, 0.05) is 18.8 Å². The second kappa shape index (κ2) is 11.0. The van der Waals surface area contributed by atoms with Gasteiger partial charge in [0.15, 0.2) is 0 Å². The van der Waals surface area contributed by atoms with Crippen LogP contribution in [0.25, 0.3) is 10.2 Å². The van der Waals surface area contributed by atoms with Crippen LogP contribution in [0.5, 0.6) is 5.75 Å². The number of halogens is 1. The predicted octanol–water partition coefficient (Wildman–Crippen LogP) is 4.00. The molecule has 2 fully saturated rings. The Kier molecular flexibility index (Phi) is 7.82. The number of para-hydroxylation sites is 1. The van der Waals surface area contributed by atoms with Gasteiger partial charge in [-0.25, -0.2) is 9.36 Å². The first kappa shape index (κ1) is 27.1. The summed E-state index contributed by atoms with van der Waals surface area (Å²) in [6.07, 6.45) is 3.04. The number of carbonyl (C=O) groups is 1. The number of methoxy groups -OCH3 is 1. The Labute approximate surface area is 232 Å². The molecule has 5 rings (SSSR count). The minimum atomic E-state index is -1.34. The van der Waals surface area contributed by atoms with Gasteiger partial charge in [-0.2, -0.15) is 0 Å². The second-order valence-electron chi connectivity index (χ2n) is 10.00. The number of benzene rings is 1. The number of rotatable bonds is 8. The molecule has 1 aliphatic heterocycles. The molecule has 38 heavy (non-hydrogen) atoms. The number of nitrogens with two attached hydrogens (primary N) is 1. The number of carbonyl (C=O) groups excluding carboxylic acids is 1. The standard InChI is InChI=1S/C27H32BrN3O6S/c1-16-21-23(32)31(27(25(29)33)11-5-6-12-27)26(34)30(24(21)38-22(16)28)15-20(37-17-9-13-36-14-10-17)18-7-3-4-8-19(18)35-2/h3-4,7-8,17,20H,5-6,9-15H2,1-2H3,(H2,29,33)/t20-/m0/s1. The molecule has 1 saturated carbocycles. The fraction of sp³-hybridized carbons (Fsp3) is 0.519. The number of thiophene rings is 1. The van der Waals surface area contributed by atoms with Crippen LogP contribution in [0, 0.1) is 6.92 Å². The number of ether oxygens (including phenoxy) is 3. The molecule has 204 valence electrons. The number of aromatic nitrogens is 2. The summed E-state index contributed by atoms with van der Waals surface area (Å²) in [5.41, 5.74) is 5.06. The van der Waals surface area contributed by atoms with E-state index in [-0.39, 0.29) is 12.6 Å². The molecule has 2 N–H and O–H groups in total. The maximum absolute atomic E-state index is 14.2. The van der Waals surface area contributed by atoms with Crippen molar-refractivity contribution in [2.45, 2.75) is 69.7 Å². The SMILES string of the molecule is COc1ccccc1[C@H](Cn1c(=O)n(C2(C(N)=O)CCCC2)c(=O)c2c(C)c(Br)sc21)OC1CCOCC1. The average molecular weight is 607 g/mol. The Morgan fingerprint density at radius 2 is 1.92 bits per heavy atom. The highest BCUT2D eigenvalue weighted by Crippen LogP contribution is 2.38. The number of primary amides is 1. The van der Waals surface area contributed by atoms with E-state index in [9.17, 15) is 14.4 Å². The Balaban J connectivity index is 1.72. The van der Waals surface area contributed by atoms with Crippen LogP contribution >= 0.6 is 27.3 Å². The quantitative estimate of drug-likeness (QED) is 0.415. The van der Waals surface area contributed by atoms with Crippen molar-refractivity contribution in [1.29, 1.82) is 0 Å². The largest absolute Gasteiger partial charge is 0.496 e. The highest BCUT2D eigenvalue weighted by atomic mass is 79.9. The third-order valence-corrected chi connectivity index (χ3v) is 10.0. The zero-order valence-electron chi connectivity index (χ0n) is 21.5. The van der Waals surface area contributed by atoms with E-state index in [1.807, 2.05) is 31.2 Å². The van der Waals surface area contributed by atoms with Gasteiger partial charge in [-0.05, 0) is 60.2 Å². The molecule has 1 saturated heterocycles. The molecule has 9 nitrogen and oxygen atoms in total. The molecule has 1 aromatic carbocycles. The fourth-order valence-electron chi connectivity index (χ4n) is 5.76. The predicted molar refractivity (Wildman–Crippen MR) is 149 cm³/mol. The number of aryl methyl sites for hydroxylation is 1. The third-order valence-electron chi connectivity index (χ3n) is 7.83. The highest BCUT2D eigenvalue weighted by molar-refractivity contribution is 9.11. The van der Waals surface area contributed by atoms with E-state index in [4.69, 9.17) is 19.9 Å². The van der Waals surface area contributed by atoms with E-state index in [2.05, 4.69) is 15.9 Å². The van der Waals surface area contributed by atoms with Crippen molar-refractivity contribution in [2.75, 3.05) is 20.3 Å². The third kappa shape index (κ3) is 4.63. The molecule has 1 aliphatic carbocycles. The molecule has 1 amide bonds. The van der Waals surface area contributed by atoms with Crippen molar-refractivity contribution in [3.63, 3.8) is 0 Å². The monoisotopic (exact) mass is 605 g/mol. The lowest BCUT2D eigenvalue weighted by Gasteiger charge is -2.31. The van der Waals surface area contributed by atoms with Crippen molar-refractivity contribution in [3.8, 4) is 5.75 Å². The normalized spacial score (nSPS) is 18.6. The Bertz CT molecular complexity index is 1470. The molecular formula is C27H32BrN3O6S. The van der Waals surface area contributed by atoms with Gasteiger partial charge >= 0.3 is 5.69 Å². The molecule has 2 aliphatic rings. The molecule has 3 aromatic rings. The maximum Gasteiger partial charge on any atom is 0.333 e. The van der Waals surface area contributed by atoms with Crippen molar-refractivity contribution in [2.24, 2.45) is 5.73 Å². The summed E-state index contributed by atoms with van der Waals surface area (Å²) >= 11 is 4.89. The van der Waals surface area contributed by atoms with E-state index in [1.165, 1.54) is 11.3 Å². The molecule has 0 bridgehead atoms. The zero-order valence-corrected chi connectivity index (χ0v) is 23.9. The molecule has 0 spiro atoms. The van der Waals surface area contributed by atoms with E-state index in [0.717, 1.165) is 45.2 Å². The Hall–Kier alpha value is -2.47. The number of hydrogen-bond acceptors (Lipinski definition) is 7. The second-order valence-corrected chi connectivity index (χ2v) is 12.3. The van der Waals surface area contributed by atoms with Crippen LogP contribution in [-0.2, 0) is 26.4 Å². The number of nitrogens with zero attached hydrogens (tertiary/aromatic N) is 2. The molecule has 11 heteroatoms. The van der Waals surface area contributed by atoms with Gasteiger partial charge in [0.25, 0.3) is 5.56 Å². The van der Waals surface area contributed by atoms with Gasteiger partial charge in [-0.15, -0.1) is 11.3 Å². The van der Waals surface area contributed by atoms with Crippen LogP contribution in [0.4, 0.5) is 0 Å². The van der Waals surface area contributed by atoms with Crippen LogP contribution in [0.3, 0.4) is 0 Å². The lowest BCUT2D eigenvalue weighted by Crippen LogP contribution is -2.56. The van der Waals surface area contributed by atoms with Crippen molar-refractivity contribution in [1.82, 2.24) is 9.13 Å². The first-order valence-electron chi connectivity index (χ1n) is 12.9. The zero-order chi connectivity index (χ0) is 27.0. The van der Waals surface area contributed by atoms with Gasteiger partial charge in [0.1, 0.15) is 22.2 Å². The lowest BCUT2D eigenvalue weighted by molar-refractivity contribution is -0.126. The summed E-state index contributed by atoms with van der Waals surface area (Å²) < 4.78 is 21.3. The van der Waals surface area contributed by atoms with Crippen molar-refractivity contribution >= 4 is 43.4 Å². The first-order valence-corrected chi connectivity index (χ1v) is 14.5. The smallest absolute Gasteiger partial charge is 0.333 e. The van der Waals surface area contributed by atoms with Crippen LogP contribution < -0.4 is 21.7 Å². The van der Waals surface area contributed by atoms with Gasteiger partial charge in [0.2, 0.25) is 5.91 Å². The van der Waals surface area contributed by atoms with E-state index < -0.39 is 28.8 Å². The molecule has 0 radical (unpaired) electrons. The molecule has 2 aromatic heterocycles. The van der Waals surface area contributed by atoms with Crippen LogP contribution in [-0.4, -0.2) is 41.5 Å². The first-order chi connectivity index (χ1) is 18.3. The van der Waals surface area contributed by atoms with E-state index in [1.54, 1.807) is 11.7 Å². The van der Waals surface area contributed by atoms with Gasteiger partial charge < -0.3 is 19.9 Å². The number of amides is 1. The Morgan fingerprint density at radius 3 is 2.58 bits per heavy atom. The van der Waals surface area contributed by atoms with Gasteiger partial charge in [-0.3, -0.25) is 14.2 Å². The molecule has 1 atom stereocenters. The summed E-state index contributed by atoms with van der Waals surface area (Å²) in [7, 11) is 1.60. The Morgan fingerprint density at radius 1 is 1.24 bits per heavy atom. The number of fused-ring (bicyclic) bond motifs is 1. The van der Waals surface area contributed by atoms with Crippen LogP contribution in [0.2, 0.25) is 0 Å². The minimum Gasteiger partial charge on any atom is -0.496 e. The lowest BCUT2D eigenvalue weighted by atomic mass is 9.96. The van der Waals surface area contributed by atoms with E-state index in [0.29, 0.717) is 42.0 Å². The van der Waals surface area contributed by atoms with E-state index >= 15 is 0 Å². The fourth-order valence-corrected chi connectivity index (χ4v) is 7.44. The maximum atomic E-state index is 14.2. The summed E-state index contributed by atoms with van der Waals surface area (Å²) in [5, 5.41) is 0.416. The number of hydrogen-bond donors (Lipinski definition) is 1. The van der Waals surface area contributed by atoms with Crippen LogP contribution in [0.1, 0.15) is 55.8 Å². The van der Waals surface area contributed by atoms with Crippen molar-refractivity contribution in [3.05, 3.63) is 60.0 Å². The summed E-state index contributed by atoms with van der Waals surface area (Å²) in [4.78, 5) is 41.5. The van der Waals surface area contributed by atoms with Gasteiger partial charge in [0.05, 0.1) is 28.9 Å². The molecular weight excluding hydrogens is 574 g/mol. The minimum absolute atomic E-state index is 0.0561. The average Bonchev–Trinajstić information content (AvgIpc) is 3.52. The topological polar surface area (TPSA) is 115 Å². The summed E-state index contributed by atoms with van der Waals surface area (Å²) in [5.74, 6) is 0.00176. The summed E-state index contributed by atoms with van der Waals surface area (Å²) in [6.45, 7) is 3.19. The summed E-state index contributed by atoms with van der Waals surface area (Å²) in [6, 6.07) is 7.58.